The van der Waals surface area contributed by atoms with E-state index in [1.54, 1.807) is 12.1 Å². The molecule has 0 unspecified atom stereocenters. The van der Waals surface area contributed by atoms with Gasteiger partial charge >= 0.3 is 5.97 Å². The van der Waals surface area contributed by atoms with E-state index in [-0.39, 0.29) is 6.61 Å². The summed E-state index contributed by atoms with van der Waals surface area (Å²) < 4.78 is 0. The topological polar surface area (TPSA) is 60.8 Å². The van der Waals surface area contributed by atoms with Crippen molar-refractivity contribution in [2.45, 2.75) is 32.2 Å². The Morgan fingerprint density at radius 2 is 2.17 bits per heavy atom. The third kappa shape index (κ3) is 2.48. The highest BCUT2D eigenvalue weighted by atomic mass is 16.4. The monoisotopic (exact) mass is 249 g/mol. The number of aryl methyl sites for hydroxylation is 1. The molecule has 1 aromatic carbocycles. The van der Waals surface area contributed by atoms with Crippen LogP contribution in [-0.4, -0.2) is 35.4 Å². The number of aliphatic hydroxyl groups excluding tert-OH is 1. The number of anilines is 1. The van der Waals surface area contributed by atoms with Gasteiger partial charge in [0.15, 0.2) is 0 Å². The average Bonchev–Trinajstić information content (AvgIpc) is 2.26. The van der Waals surface area contributed by atoms with Crippen molar-refractivity contribution in [1.29, 1.82) is 0 Å². The summed E-state index contributed by atoms with van der Waals surface area (Å²) >= 11 is 0. The lowest BCUT2D eigenvalue weighted by Gasteiger charge is -2.39. The van der Waals surface area contributed by atoms with Gasteiger partial charge in [0.25, 0.3) is 0 Å². The minimum Gasteiger partial charge on any atom is -0.478 e. The Morgan fingerprint density at radius 3 is 2.61 bits per heavy atom. The molecule has 0 radical (unpaired) electrons. The molecule has 0 amide bonds. The number of aliphatic hydroxyl groups is 1. The van der Waals surface area contributed by atoms with Crippen LogP contribution in [0.15, 0.2) is 18.2 Å². The van der Waals surface area contributed by atoms with Crippen LogP contribution in [0.4, 0.5) is 5.69 Å². The summed E-state index contributed by atoms with van der Waals surface area (Å²) in [5, 5.41) is 18.1. The third-order valence-corrected chi connectivity index (χ3v) is 3.61. The Bertz CT molecular complexity index is 441. The predicted molar refractivity (Wildman–Crippen MR) is 70.2 cm³/mol. The summed E-state index contributed by atoms with van der Waals surface area (Å²) in [4.78, 5) is 13.1. The second-order valence-electron chi connectivity index (χ2n) is 4.81. The zero-order valence-electron chi connectivity index (χ0n) is 10.6. The summed E-state index contributed by atoms with van der Waals surface area (Å²) in [6, 6.07) is 5.67. The largest absolute Gasteiger partial charge is 0.478 e. The van der Waals surface area contributed by atoms with Crippen LogP contribution in [0.5, 0.6) is 0 Å². The maximum atomic E-state index is 10.9. The summed E-state index contributed by atoms with van der Waals surface area (Å²) in [5.74, 6) is -0.901. The third-order valence-electron chi connectivity index (χ3n) is 3.61. The normalized spacial score (nSPS) is 15.2. The first kappa shape index (κ1) is 12.9. The van der Waals surface area contributed by atoms with Gasteiger partial charge in [0, 0.05) is 18.3 Å². The van der Waals surface area contributed by atoms with Gasteiger partial charge in [-0.3, -0.25) is 0 Å². The molecule has 1 aromatic rings. The molecule has 1 aliphatic rings. The van der Waals surface area contributed by atoms with E-state index >= 15 is 0 Å². The van der Waals surface area contributed by atoms with E-state index in [9.17, 15) is 4.79 Å². The van der Waals surface area contributed by atoms with Crippen LogP contribution in [0.2, 0.25) is 0 Å². The Hall–Kier alpha value is -1.55. The molecule has 2 rings (SSSR count). The Kier molecular flexibility index (Phi) is 3.87. The highest BCUT2D eigenvalue weighted by Gasteiger charge is 2.25. The molecular formula is C14H19NO3. The fourth-order valence-electron chi connectivity index (χ4n) is 2.42. The summed E-state index contributed by atoms with van der Waals surface area (Å²) in [5.41, 5.74) is 2.31. The van der Waals surface area contributed by atoms with E-state index < -0.39 is 5.97 Å². The molecule has 1 saturated carbocycles. The van der Waals surface area contributed by atoms with Crippen LogP contribution in [0.25, 0.3) is 0 Å². The highest BCUT2D eigenvalue weighted by Crippen LogP contribution is 2.31. The molecule has 4 nitrogen and oxygen atoms in total. The molecule has 0 aliphatic heterocycles. The van der Waals surface area contributed by atoms with Gasteiger partial charge in [-0.05, 0) is 49.9 Å². The number of rotatable bonds is 5. The fourth-order valence-corrected chi connectivity index (χ4v) is 2.42. The lowest BCUT2D eigenvalue weighted by atomic mass is 9.90. The number of aromatic carboxylic acids is 1. The van der Waals surface area contributed by atoms with Gasteiger partial charge in [-0.15, -0.1) is 0 Å². The molecule has 0 saturated heterocycles. The summed E-state index contributed by atoms with van der Waals surface area (Å²) in [6.45, 7) is 2.65. The predicted octanol–water partition coefficient (Wildman–Crippen LogP) is 2.04. The minimum absolute atomic E-state index is 0.122. The first-order valence-corrected chi connectivity index (χ1v) is 6.35. The number of carboxylic acid groups (broad SMARTS) is 1. The first-order valence-electron chi connectivity index (χ1n) is 6.35. The van der Waals surface area contributed by atoms with E-state index in [0.717, 1.165) is 24.1 Å². The van der Waals surface area contributed by atoms with Crippen LogP contribution in [0, 0.1) is 6.92 Å². The van der Waals surface area contributed by atoms with Crippen molar-refractivity contribution in [3.63, 3.8) is 0 Å². The summed E-state index contributed by atoms with van der Waals surface area (Å²) in [6.07, 6.45) is 3.54. The van der Waals surface area contributed by atoms with E-state index in [1.807, 2.05) is 13.0 Å². The van der Waals surface area contributed by atoms with Gasteiger partial charge in [0.2, 0.25) is 0 Å². The molecule has 1 aliphatic carbocycles. The molecule has 18 heavy (non-hydrogen) atoms. The van der Waals surface area contributed by atoms with Gasteiger partial charge in [-0.25, -0.2) is 4.79 Å². The number of benzene rings is 1. The lowest BCUT2D eigenvalue weighted by Crippen LogP contribution is -2.42. The van der Waals surface area contributed by atoms with Crippen LogP contribution in [0.1, 0.15) is 35.2 Å². The molecule has 0 aromatic heterocycles. The standard InChI is InChI=1S/C14H19NO3/c1-10-9-11(14(17)18)5-6-13(10)15(7-8-16)12-3-2-4-12/h5-6,9,12,16H,2-4,7-8H2,1H3,(H,17,18). The molecular weight excluding hydrogens is 230 g/mol. The van der Waals surface area contributed by atoms with Crippen LogP contribution < -0.4 is 4.90 Å². The molecule has 0 heterocycles. The Labute approximate surface area is 107 Å². The van der Waals surface area contributed by atoms with Gasteiger partial charge < -0.3 is 15.1 Å². The number of hydrogen-bond donors (Lipinski definition) is 2. The molecule has 0 spiro atoms. The molecule has 1 fully saturated rings. The van der Waals surface area contributed by atoms with E-state index in [1.165, 1.54) is 6.42 Å². The van der Waals surface area contributed by atoms with Crippen molar-refractivity contribution in [2.75, 3.05) is 18.1 Å². The molecule has 98 valence electrons. The quantitative estimate of drug-likeness (QED) is 0.838. The second-order valence-corrected chi connectivity index (χ2v) is 4.81. The molecule has 0 bridgehead atoms. The van der Waals surface area contributed by atoms with Crippen LogP contribution in [-0.2, 0) is 0 Å². The Morgan fingerprint density at radius 1 is 1.44 bits per heavy atom. The SMILES string of the molecule is Cc1cc(C(=O)O)ccc1N(CCO)C1CCC1. The van der Waals surface area contributed by atoms with E-state index in [2.05, 4.69) is 4.90 Å². The summed E-state index contributed by atoms with van der Waals surface area (Å²) in [7, 11) is 0. The van der Waals surface area contributed by atoms with E-state index in [0.29, 0.717) is 18.2 Å². The average molecular weight is 249 g/mol. The highest BCUT2D eigenvalue weighted by molar-refractivity contribution is 5.88. The number of nitrogens with zero attached hydrogens (tertiary/aromatic N) is 1. The smallest absolute Gasteiger partial charge is 0.335 e. The zero-order valence-corrected chi connectivity index (χ0v) is 10.6. The second kappa shape index (κ2) is 5.40. The van der Waals surface area contributed by atoms with Crippen LogP contribution >= 0.6 is 0 Å². The van der Waals surface area contributed by atoms with Crippen molar-refractivity contribution in [1.82, 2.24) is 0 Å². The van der Waals surface area contributed by atoms with E-state index in [4.69, 9.17) is 10.2 Å². The van der Waals surface area contributed by atoms with Gasteiger partial charge in [0.05, 0.1) is 12.2 Å². The zero-order chi connectivity index (χ0) is 13.1. The van der Waals surface area contributed by atoms with Crippen LogP contribution in [0.3, 0.4) is 0 Å². The number of carbonyl (C=O) groups is 1. The molecule has 2 N–H and O–H groups in total. The fraction of sp³-hybridized carbons (Fsp3) is 0.500. The number of carboxylic acids is 1. The van der Waals surface area contributed by atoms with Crippen molar-refractivity contribution < 1.29 is 15.0 Å². The molecule has 4 heteroatoms. The van der Waals surface area contributed by atoms with Crippen molar-refractivity contribution in [3.05, 3.63) is 29.3 Å². The van der Waals surface area contributed by atoms with Gasteiger partial charge in [0.1, 0.15) is 0 Å². The lowest BCUT2D eigenvalue weighted by molar-refractivity contribution is 0.0697. The minimum atomic E-state index is -0.901. The number of hydrogen-bond acceptors (Lipinski definition) is 3. The van der Waals surface area contributed by atoms with Crippen molar-refractivity contribution >= 4 is 11.7 Å². The maximum absolute atomic E-state index is 10.9. The van der Waals surface area contributed by atoms with Crippen molar-refractivity contribution in [3.8, 4) is 0 Å². The van der Waals surface area contributed by atoms with Gasteiger partial charge in [-0.1, -0.05) is 0 Å². The maximum Gasteiger partial charge on any atom is 0.335 e. The Balaban J connectivity index is 2.26. The van der Waals surface area contributed by atoms with Crippen molar-refractivity contribution in [2.24, 2.45) is 0 Å². The first-order chi connectivity index (χ1) is 8.63. The molecule has 0 atom stereocenters. The van der Waals surface area contributed by atoms with Gasteiger partial charge in [-0.2, -0.15) is 0 Å².